The molecule has 6 nitrogen and oxygen atoms in total. The molecule has 0 aliphatic rings. The van der Waals surface area contributed by atoms with Crippen LogP contribution in [0.1, 0.15) is 42.1 Å². The van der Waals surface area contributed by atoms with E-state index in [1.165, 1.54) is 7.11 Å². The highest BCUT2D eigenvalue weighted by Gasteiger charge is 2.20. The number of amides is 1. The standard InChI is InChI=1S/C18H25NO5S/c1-4-25-10-9-14(18(22)23)19-17(21)8-6-15(20)13-11-12(2)5-7-16(13)24-3/h5,7,11,14H,4,6,8-10H2,1-3H3,(H,19,21)(H,22,23). The summed E-state index contributed by atoms with van der Waals surface area (Å²) in [5.41, 5.74) is 1.36. The number of Topliss-reactive ketones (excluding diaryl/α,β-unsaturated/α-hetero) is 1. The van der Waals surface area contributed by atoms with E-state index >= 15 is 0 Å². The molecule has 1 aromatic carbocycles. The molecular formula is C18H25NO5S. The highest BCUT2D eigenvalue weighted by atomic mass is 32.2. The molecule has 0 heterocycles. The summed E-state index contributed by atoms with van der Waals surface area (Å²) < 4.78 is 5.18. The van der Waals surface area contributed by atoms with Crippen LogP contribution in [0.2, 0.25) is 0 Å². The molecule has 2 N–H and O–H groups in total. The lowest BCUT2D eigenvalue weighted by Gasteiger charge is -2.14. The minimum Gasteiger partial charge on any atom is -0.496 e. The van der Waals surface area contributed by atoms with Crippen LogP contribution < -0.4 is 10.1 Å². The number of ether oxygens (including phenoxy) is 1. The summed E-state index contributed by atoms with van der Waals surface area (Å²) in [6, 6.07) is 4.36. The van der Waals surface area contributed by atoms with E-state index in [4.69, 9.17) is 9.84 Å². The Morgan fingerprint density at radius 1 is 1.28 bits per heavy atom. The van der Waals surface area contributed by atoms with Gasteiger partial charge in [-0.05, 0) is 37.0 Å². The van der Waals surface area contributed by atoms with Gasteiger partial charge in [0.1, 0.15) is 11.8 Å². The van der Waals surface area contributed by atoms with Crippen LogP contribution in [0.15, 0.2) is 18.2 Å². The summed E-state index contributed by atoms with van der Waals surface area (Å²) in [5, 5.41) is 11.7. The van der Waals surface area contributed by atoms with Crippen molar-refractivity contribution in [3.8, 4) is 5.75 Å². The van der Waals surface area contributed by atoms with E-state index in [0.717, 1.165) is 11.3 Å². The van der Waals surface area contributed by atoms with Gasteiger partial charge < -0.3 is 15.2 Å². The van der Waals surface area contributed by atoms with E-state index in [2.05, 4.69) is 5.32 Å². The van der Waals surface area contributed by atoms with Crippen LogP contribution >= 0.6 is 11.8 Å². The number of carbonyl (C=O) groups excluding carboxylic acids is 2. The highest BCUT2D eigenvalue weighted by molar-refractivity contribution is 7.99. The molecule has 1 rings (SSSR count). The normalized spacial score (nSPS) is 11.6. The summed E-state index contributed by atoms with van der Waals surface area (Å²) in [4.78, 5) is 35.5. The van der Waals surface area contributed by atoms with Gasteiger partial charge in [0.05, 0.1) is 12.7 Å². The van der Waals surface area contributed by atoms with Crippen molar-refractivity contribution in [3.63, 3.8) is 0 Å². The maximum atomic E-state index is 12.3. The van der Waals surface area contributed by atoms with Gasteiger partial charge in [-0.1, -0.05) is 18.6 Å². The number of carboxylic acid groups (broad SMARTS) is 1. The number of methoxy groups -OCH3 is 1. The van der Waals surface area contributed by atoms with Crippen LogP contribution in [0, 0.1) is 6.92 Å². The Bertz CT molecular complexity index is 617. The van der Waals surface area contributed by atoms with Gasteiger partial charge in [-0.25, -0.2) is 4.79 Å². The molecule has 0 fully saturated rings. The molecule has 0 bridgehead atoms. The Morgan fingerprint density at radius 2 is 2.00 bits per heavy atom. The molecule has 1 atom stereocenters. The number of hydrogen-bond donors (Lipinski definition) is 2. The fourth-order valence-corrected chi connectivity index (χ4v) is 2.96. The summed E-state index contributed by atoms with van der Waals surface area (Å²) in [7, 11) is 1.49. The Morgan fingerprint density at radius 3 is 2.60 bits per heavy atom. The zero-order valence-corrected chi connectivity index (χ0v) is 15.6. The first-order valence-electron chi connectivity index (χ1n) is 8.16. The third kappa shape index (κ3) is 7.17. The van der Waals surface area contributed by atoms with Crippen LogP contribution in [0.5, 0.6) is 5.75 Å². The molecule has 0 aliphatic heterocycles. The van der Waals surface area contributed by atoms with Crippen LogP contribution in [-0.4, -0.2) is 47.4 Å². The molecule has 0 aromatic heterocycles. The minimum absolute atomic E-state index is 0.00168. The molecule has 25 heavy (non-hydrogen) atoms. The molecule has 0 aliphatic carbocycles. The first-order valence-corrected chi connectivity index (χ1v) is 9.32. The molecule has 1 amide bonds. The number of benzene rings is 1. The smallest absolute Gasteiger partial charge is 0.326 e. The zero-order valence-electron chi connectivity index (χ0n) is 14.8. The fourth-order valence-electron chi connectivity index (χ4n) is 2.27. The van der Waals surface area contributed by atoms with Crippen LogP contribution in [0.4, 0.5) is 0 Å². The largest absolute Gasteiger partial charge is 0.496 e. The Hall–Kier alpha value is -2.02. The number of carbonyl (C=O) groups is 3. The monoisotopic (exact) mass is 367 g/mol. The van der Waals surface area contributed by atoms with Gasteiger partial charge >= 0.3 is 5.97 Å². The average Bonchev–Trinajstić information content (AvgIpc) is 2.58. The topological polar surface area (TPSA) is 92.7 Å². The van der Waals surface area contributed by atoms with E-state index in [9.17, 15) is 14.4 Å². The van der Waals surface area contributed by atoms with Crippen molar-refractivity contribution in [2.24, 2.45) is 0 Å². The summed E-state index contributed by atoms with van der Waals surface area (Å²) in [5.74, 6) is 0.325. The number of nitrogens with one attached hydrogen (secondary N) is 1. The van der Waals surface area contributed by atoms with Crippen LogP contribution in [0.25, 0.3) is 0 Å². The minimum atomic E-state index is -1.06. The number of rotatable bonds is 11. The quantitative estimate of drug-likeness (QED) is 0.461. The van der Waals surface area contributed by atoms with Gasteiger partial charge in [-0.15, -0.1) is 0 Å². The molecule has 1 aromatic rings. The molecule has 0 spiro atoms. The van der Waals surface area contributed by atoms with Gasteiger partial charge in [0.2, 0.25) is 5.91 Å². The second kappa shape index (κ2) is 10.8. The van der Waals surface area contributed by atoms with Crippen molar-refractivity contribution >= 4 is 29.4 Å². The maximum absolute atomic E-state index is 12.3. The molecule has 0 saturated heterocycles. The first kappa shape index (κ1) is 21.0. The number of carboxylic acids is 1. The van der Waals surface area contributed by atoms with Crippen molar-refractivity contribution in [3.05, 3.63) is 29.3 Å². The van der Waals surface area contributed by atoms with Crippen molar-refractivity contribution in [2.45, 2.75) is 39.2 Å². The SMILES string of the molecule is CCSCCC(NC(=O)CCC(=O)c1cc(C)ccc1OC)C(=O)O. The summed E-state index contributed by atoms with van der Waals surface area (Å²) in [6.07, 6.45) is 0.307. The van der Waals surface area contributed by atoms with E-state index in [1.807, 2.05) is 19.9 Å². The second-order valence-corrected chi connectivity index (χ2v) is 6.96. The van der Waals surface area contributed by atoms with Crippen molar-refractivity contribution in [1.29, 1.82) is 0 Å². The molecule has 138 valence electrons. The van der Waals surface area contributed by atoms with E-state index in [1.54, 1.807) is 23.9 Å². The van der Waals surface area contributed by atoms with Gasteiger partial charge in [0, 0.05) is 12.8 Å². The lowest BCUT2D eigenvalue weighted by Crippen LogP contribution is -2.41. The van der Waals surface area contributed by atoms with Gasteiger partial charge in [0.25, 0.3) is 0 Å². The van der Waals surface area contributed by atoms with Crippen molar-refractivity contribution in [2.75, 3.05) is 18.6 Å². The van der Waals surface area contributed by atoms with Gasteiger partial charge in [-0.2, -0.15) is 11.8 Å². The molecule has 7 heteroatoms. The number of aliphatic carboxylic acids is 1. The lowest BCUT2D eigenvalue weighted by molar-refractivity contribution is -0.141. The average molecular weight is 367 g/mol. The Balaban J connectivity index is 2.58. The zero-order chi connectivity index (χ0) is 18.8. The van der Waals surface area contributed by atoms with Gasteiger partial charge in [-0.3, -0.25) is 9.59 Å². The summed E-state index contributed by atoms with van der Waals surface area (Å²) >= 11 is 1.62. The Labute approximate surface area is 152 Å². The Kier molecular flexibility index (Phi) is 9.05. The molecule has 0 saturated carbocycles. The first-order chi connectivity index (χ1) is 11.9. The van der Waals surface area contributed by atoms with Crippen LogP contribution in [0.3, 0.4) is 0 Å². The van der Waals surface area contributed by atoms with E-state index < -0.39 is 17.9 Å². The number of aryl methyl sites for hydroxylation is 1. The highest BCUT2D eigenvalue weighted by Crippen LogP contribution is 2.21. The molecule has 0 radical (unpaired) electrons. The van der Waals surface area contributed by atoms with E-state index in [-0.39, 0.29) is 18.6 Å². The van der Waals surface area contributed by atoms with E-state index in [0.29, 0.717) is 23.5 Å². The van der Waals surface area contributed by atoms with Crippen molar-refractivity contribution in [1.82, 2.24) is 5.32 Å². The second-order valence-electron chi connectivity index (χ2n) is 5.57. The summed E-state index contributed by atoms with van der Waals surface area (Å²) in [6.45, 7) is 3.86. The third-order valence-corrected chi connectivity index (χ3v) is 4.56. The van der Waals surface area contributed by atoms with Gasteiger partial charge in [0.15, 0.2) is 5.78 Å². The predicted molar refractivity (Wildman–Crippen MR) is 98.5 cm³/mol. The lowest BCUT2D eigenvalue weighted by atomic mass is 10.0. The number of hydrogen-bond acceptors (Lipinski definition) is 5. The number of thioether (sulfide) groups is 1. The number of ketones is 1. The molecular weight excluding hydrogens is 342 g/mol. The molecule has 1 unspecified atom stereocenters. The third-order valence-electron chi connectivity index (χ3n) is 3.62. The maximum Gasteiger partial charge on any atom is 0.326 e. The predicted octanol–water partition coefficient (Wildman–Crippen LogP) is 2.68. The fraction of sp³-hybridized carbons (Fsp3) is 0.500. The van der Waals surface area contributed by atoms with Crippen molar-refractivity contribution < 1.29 is 24.2 Å². The van der Waals surface area contributed by atoms with Crippen LogP contribution in [-0.2, 0) is 9.59 Å².